The van der Waals surface area contributed by atoms with Gasteiger partial charge in [-0.1, -0.05) is 6.07 Å². The summed E-state index contributed by atoms with van der Waals surface area (Å²) in [6, 6.07) is 0.301. The van der Waals surface area contributed by atoms with E-state index >= 15 is 0 Å². The Morgan fingerprint density at radius 3 is 2.35 bits per heavy atom. The highest BCUT2D eigenvalue weighted by Crippen LogP contribution is 2.32. The smallest absolute Gasteiger partial charge is 0.419 e. The van der Waals surface area contributed by atoms with Crippen molar-refractivity contribution in [1.82, 2.24) is 5.32 Å². The van der Waals surface area contributed by atoms with Gasteiger partial charge in [0.05, 0.1) is 17.7 Å². The Hall–Kier alpha value is -2.16. The predicted octanol–water partition coefficient (Wildman–Crippen LogP) is 1.02. The molecule has 110 valence electrons. The number of benzene rings is 1. The number of carbonyl (C=O) groups excluding carboxylic acids is 1. The average Bonchev–Trinajstić information content (AvgIpc) is 2.34. The molecule has 0 saturated heterocycles. The van der Waals surface area contributed by atoms with Crippen LogP contribution in [0.1, 0.15) is 15.9 Å². The largest absolute Gasteiger partial charge is 0.480 e. The molecule has 1 unspecified atom stereocenters. The first kappa shape index (κ1) is 15.9. The van der Waals surface area contributed by atoms with Crippen LogP contribution in [0.3, 0.4) is 0 Å². The normalized spacial score (nSPS) is 12.8. The van der Waals surface area contributed by atoms with Crippen molar-refractivity contribution in [2.45, 2.75) is 12.2 Å². The van der Waals surface area contributed by atoms with Crippen molar-refractivity contribution < 1.29 is 37.4 Å². The molecule has 20 heavy (non-hydrogen) atoms. The minimum Gasteiger partial charge on any atom is -0.480 e. The maximum absolute atomic E-state index is 13.6. The molecule has 3 N–H and O–H groups in total. The van der Waals surface area contributed by atoms with Crippen molar-refractivity contribution in [3.8, 4) is 0 Å². The van der Waals surface area contributed by atoms with Crippen molar-refractivity contribution in [3.63, 3.8) is 0 Å². The third-order valence-corrected chi connectivity index (χ3v) is 2.33. The van der Waals surface area contributed by atoms with Crippen LogP contribution in [0.4, 0.5) is 17.6 Å². The van der Waals surface area contributed by atoms with Crippen LogP contribution in [-0.4, -0.2) is 34.7 Å². The van der Waals surface area contributed by atoms with Crippen LogP contribution < -0.4 is 5.32 Å². The van der Waals surface area contributed by atoms with E-state index in [2.05, 4.69) is 0 Å². The van der Waals surface area contributed by atoms with Gasteiger partial charge < -0.3 is 15.5 Å². The fraction of sp³-hybridized carbons (Fsp3) is 0.273. The maximum atomic E-state index is 13.6. The van der Waals surface area contributed by atoms with Gasteiger partial charge in [0.1, 0.15) is 5.82 Å². The fourth-order valence-electron chi connectivity index (χ4n) is 1.35. The molecule has 0 bridgehead atoms. The van der Waals surface area contributed by atoms with Gasteiger partial charge in [-0.05, 0) is 12.1 Å². The summed E-state index contributed by atoms with van der Waals surface area (Å²) >= 11 is 0. The number of rotatable bonds is 4. The lowest BCUT2D eigenvalue weighted by atomic mass is 10.1. The molecule has 1 atom stereocenters. The number of hydrogen-bond donors (Lipinski definition) is 3. The van der Waals surface area contributed by atoms with E-state index in [-0.39, 0.29) is 0 Å². The van der Waals surface area contributed by atoms with Gasteiger partial charge in [-0.2, -0.15) is 13.2 Å². The van der Waals surface area contributed by atoms with E-state index in [0.717, 1.165) is 12.1 Å². The van der Waals surface area contributed by atoms with Gasteiger partial charge in [0.25, 0.3) is 5.91 Å². The monoisotopic (exact) mass is 295 g/mol. The minimum atomic E-state index is -4.98. The Balaban J connectivity index is 3.09. The Bertz CT molecular complexity index is 530. The Morgan fingerprint density at radius 2 is 1.90 bits per heavy atom. The van der Waals surface area contributed by atoms with Crippen molar-refractivity contribution >= 4 is 11.9 Å². The molecule has 0 fully saturated rings. The summed E-state index contributed by atoms with van der Waals surface area (Å²) in [5.74, 6) is -4.78. The third-order valence-electron chi connectivity index (χ3n) is 2.33. The van der Waals surface area contributed by atoms with Gasteiger partial charge in [0, 0.05) is 0 Å². The Morgan fingerprint density at radius 1 is 1.30 bits per heavy atom. The van der Waals surface area contributed by atoms with Crippen molar-refractivity contribution in [1.29, 1.82) is 0 Å². The number of nitrogens with one attached hydrogen (secondary N) is 1. The number of aliphatic hydroxyl groups excluding tert-OH is 1. The van der Waals surface area contributed by atoms with E-state index in [1.165, 1.54) is 0 Å². The van der Waals surface area contributed by atoms with Crippen LogP contribution in [0, 0.1) is 5.82 Å². The lowest BCUT2D eigenvalue weighted by Crippen LogP contribution is -2.43. The summed E-state index contributed by atoms with van der Waals surface area (Å²) < 4.78 is 50.9. The molecule has 1 aromatic carbocycles. The number of carboxylic acid groups (broad SMARTS) is 1. The second kappa shape index (κ2) is 5.87. The molecular weight excluding hydrogens is 286 g/mol. The van der Waals surface area contributed by atoms with Gasteiger partial charge in [-0.3, -0.25) is 4.79 Å². The molecule has 0 aliphatic rings. The number of hydrogen-bond acceptors (Lipinski definition) is 3. The Kier molecular flexibility index (Phi) is 4.66. The van der Waals surface area contributed by atoms with Gasteiger partial charge in [0.2, 0.25) is 0 Å². The highest BCUT2D eigenvalue weighted by Gasteiger charge is 2.36. The predicted molar refractivity (Wildman–Crippen MR) is 57.4 cm³/mol. The number of halogens is 4. The molecule has 0 aliphatic heterocycles. The molecule has 0 aliphatic carbocycles. The molecule has 0 heterocycles. The summed E-state index contributed by atoms with van der Waals surface area (Å²) in [6.07, 6.45) is -4.98. The van der Waals surface area contributed by atoms with Crippen LogP contribution in [-0.2, 0) is 11.0 Å². The summed E-state index contributed by atoms with van der Waals surface area (Å²) in [5.41, 5.74) is -2.60. The van der Waals surface area contributed by atoms with E-state index in [4.69, 9.17) is 10.2 Å². The molecule has 5 nitrogen and oxygen atoms in total. The summed E-state index contributed by atoms with van der Waals surface area (Å²) in [5, 5.41) is 19.0. The lowest BCUT2D eigenvalue weighted by molar-refractivity contribution is -0.141. The zero-order chi connectivity index (χ0) is 15.5. The number of carbonyl (C=O) groups is 2. The second-order valence-corrected chi connectivity index (χ2v) is 3.71. The molecule has 0 aromatic heterocycles. The minimum absolute atomic E-state index is 0.451. The van der Waals surface area contributed by atoms with Crippen LogP contribution in [0.5, 0.6) is 0 Å². The molecule has 0 saturated carbocycles. The second-order valence-electron chi connectivity index (χ2n) is 3.71. The first-order chi connectivity index (χ1) is 9.18. The van der Waals surface area contributed by atoms with E-state index in [1.54, 1.807) is 5.32 Å². The number of carboxylic acids is 1. The zero-order valence-electron chi connectivity index (χ0n) is 9.74. The number of aliphatic hydroxyl groups is 1. The molecule has 1 amide bonds. The summed E-state index contributed by atoms with van der Waals surface area (Å²) in [4.78, 5) is 22.1. The van der Waals surface area contributed by atoms with Crippen molar-refractivity contribution in [2.24, 2.45) is 0 Å². The van der Waals surface area contributed by atoms with Crippen LogP contribution in [0.15, 0.2) is 18.2 Å². The topological polar surface area (TPSA) is 86.6 Å². The molecule has 0 spiro atoms. The van der Waals surface area contributed by atoms with Crippen molar-refractivity contribution in [3.05, 3.63) is 35.1 Å². The van der Waals surface area contributed by atoms with Gasteiger partial charge in [-0.25, -0.2) is 9.18 Å². The third kappa shape index (κ3) is 3.44. The maximum Gasteiger partial charge on any atom is 0.419 e. The van der Waals surface area contributed by atoms with E-state index < -0.39 is 47.6 Å². The average molecular weight is 295 g/mol. The highest BCUT2D eigenvalue weighted by atomic mass is 19.4. The standard InChI is InChI=1S/C11H9F4NO4/c12-8-5(2-1-3-6(8)11(13,14)15)9(18)16-7(4-17)10(19)20/h1-3,7,17H,4H2,(H,16,18)(H,19,20). The molecule has 1 aromatic rings. The first-order valence-electron chi connectivity index (χ1n) is 5.18. The van der Waals surface area contributed by atoms with E-state index in [1.807, 2.05) is 0 Å². The summed E-state index contributed by atoms with van der Waals surface area (Å²) in [6.45, 7) is -0.984. The fourth-order valence-corrected chi connectivity index (χ4v) is 1.35. The first-order valence-corrected chi connectivity index (χ1v) is 5.18. The van der Waals surface area contributed by atoms with Crippen LogP contribution in [0.25, 0.3) is 0 Å². The SMILES string of the molecule is O=C(NC(CO)C(=O)O)c1cccc(C(F)(F)F)c1F. The zero-order valence-corrected chi connectivity index (χ0v) is 9.74. The lowest BCUT2D eigenvalue weighted by Gasteiger charge is -2.14. The molecule has 1 rings (SSSR count). The number of aliphatic carboxylic acids is 1. The van der Waals surface area contributed by atoms with Crippen LogP contribution in [0.2, 0.25) is 0 Å². The Labute approximate surface area is 109 Å². The van der Waals surface area contributed by atoms with Crippen molar-refractivity contribution in [2.75, 3.05) is 6.61 Å². The molecular formula is C11H9F4NO4. The van der Waals surface area contributed by atoms with E-state index in [9.17, 15) is 27.2 Å². The van der Waals surface area contributed by atoms with Crippen LogP contribution >= 0.6 is 0 Å². The number of alkyl halides is 3. The number of amides is 1. The summed E-state index contributed by atoms with van der Waals surface area (Å²) in [7, 11) is 0. The highest BCUT2D eigenvalue weighted by molar-refractivity contribution is 5.97. The van der Waals surface area contributed by atoms with Gasteiger partial charge >= 0.3 is 12.1 Å². The van der Waals surface area contributed by atoms with Gasteiger partial charge in [-0.15, -0.1) is 0 Å². The quantitative estimate of drug-likeness (QED) is 0.724. The van der Waals surface area contributed by atoms with Gasteiger partial charge in [0.15, 0.2) is 6.04 Å². The molecule has 0 radical (unpaired) electrons. The van der Waals surface area contributed by atoms with E-state index in [0.29, 0.717) is 6.07 Å². The molecule has 9 heteroatoms.